The lowest BCUT2D eigenvalue weighted by molar-refractivity contribution is 0.112. The van der Waals surface area contributed by atoms with Crippen LogP contribution < -0.4 is 4.74 Å². The Morgan fingerprint density at radius 2 is 2.00 bits per heavy atom. The van der Waals surface area contributed by atoms with Crippen LogP contribution in [0.25, 0.3) is 5.83 Å². The highest BCUT2D eigenvalue weighted by Gasteiger charge is 2.11. The smallest absolute Gasteiger partial charge is 0.306 e. The Balaban J connectivity index is 3.26. The number of ether oxygens (including phenoxy) is 1. The SMILES string of the molecule is COc1ccc(C(F)=C(F)F)cc1C=O. The van der Waals surface area contributed by atoms with E-state index in [4.69, 9.17) is 4.74 Å². The van der Waals surface area contributed by atoms with E-state index in [1.807, 2.05) is 0 Å². The van der Waals surface area contributed by atoms with E-state index in [0.717, 1.165) is 12.1 Å². The van der Waals surface area contributed by atoms with Crippen molar-refractivity contribution in [2.24, 2.45) is 0 Å². The summed E-state index contributed by atoms with van der Waals surface area (Å²) < 4.78 is 41.4. The van der Waals surface area contributed by atoms with Crippen LogP contribution in [0.3, 0.4) is 0 Å². The van der Waals surface area contributed by atoms with Gasteiger partial charge in [0.05, 0.1) is 12.7 Å². The summed E-state index contributed by atoms with van der Waals surface area (Å²) in [5.74, 6) is -1.43. The minimum absolute atomic E-state index is 0.0198. The Hall–Kier alpha value is -1.78. The Bertz CT molecular complexity index is 409. The van der Waals surface area contributed by atoms with Crippen molar-refractivity contribution in [2.45, 2.75) is 0 Å². The first-order chi connectivity index (χ1) is 7.10. The highest BCUT2D eigenvalue weighted by molar-refractivity contribution is 5.81. The second-order valence-electron chi connectivity index (χ2n) is 2.65. The number of halogens is 3. The van der Waals surface area contributed by atoms with Gasteiger partial charge in [-0.15, -0.1) is 0 Å². The maximum absolute atomic E-state index is 12.8. The number of rotatable bonds is 3. The van der Waals surface area contributed by atoms with Crippen molar-refractivity contribution in [3.63, 3.8) is 0 Å². The predicted octanol–water partition coefficient (Wildman–Crippen LogP) is 3.04. The highest BCUT2D eigenvalue weighted by Crippen LogP contribution is 2.26. The summed E-state index contributed by atoms with van der Waals surface area (Å²) in [4.78, 5) is 10.5. The number of hydrogen-bond acceptors (Lipinski definition) is 2. The molecule has 0 aliphatic carbocycles. The maximum atomic E-state index is 12.8. The maximum Gasteiger partial charge on any atom is 0.306 e. The molecule has 0 N–H and O–H groups in total. The molecule has 1 aromatic rings. The quantitative estimate of drug-likeness (QED) is 0.726. The first-order valence-electron chi connectivity index (χ1n) is 3.94. The molecule has 1 rings (SSSR count). The zero-order valence-electron chi connectivity index (χ0n) is 7.76. The summed E-state index contributed by atoms with van der Waals surface area (Å²) >= 11 is 0. The number of methoxy groups -OCH3 is 1. The molecular weight excluding hydrogens is 209 g/mol. The lowest BCUT2D eigenvalue weighted by Gasteiger charge is -2.04. The van der Waals surface area contributed by atoms with Gasteiger partial charge in [-0.3, -0.25) is 4.79 Å². The number of hydrogen-bond donors (Lipinski definition) is 0. The van der Waals surface area contributed by atoms with Crippen molar-refractivity contribution in [1.82, 2.24) is 0 Å². The molecule has 0 aromatic heterocycles. The van der Waals surface area contributed by atoms with Crippen molar-refractivity contribution in [2.75, 3.05) is 7.11 Å². The third-order valence-electron chi connectivity index (χ3n) is 1.78. The molecule has 2 nitrogen and oxygen atoms in total. The van der Waals surface area contributed by atoms with E-state index >= 15 is 0 Å². The number of aldehydes is 1. The van der Waals surface area contributed by atoms with Crippen LogP contribution in [-0.4, -0.2) is 13.4 Å². The molecule has 0 unspecified atom stereocenters. The van der Waals surface area contributed by atoms with Gasteiger partial charge in [-0.1, -0.05) is 0 Å². The Morgan fingerprint density at radius 3 is 2.47 bits per heavy atom. The third-order valence-corrected chi connectivity index (χ3v) is 1.78. The van der Waals surface area contributed by atoms with Crippen LogP contribution in [-0.2, 0) is 0 Å². The van der Waals surface area contributed by atoms with Crippen LogP contribution in [0.1, 0.15) is 15.9 Å². The molecule has 0 saturated carbocycles. The zero-order valence-corrected chi connectivity index (χ0v) is 7.76. The van der Waals surface area contributed by atoms with Crippen LogP contribution in [0.2, 0.25) is 0 Å². The molecule has 0 aliphatic heterocycles. The minimum Gasteiger partial charge on any atom is -0.496 e. The van der Waals surface area contributed by atoms with E-state index in [0.29, 0.717) is 6.29 Å². The van der Waals surface area contributed by atoms with Gasteiger partial charge in [0.15, 0.2) is 12.1 Å². The highest BCUT2D eigenvalue weighted by atomic mass is 19.3. The zero-order chi connectivity index (χ0) is 11.4. The van der Waals surface area contributed by atoms with Gasteiger partial charge < -0.3 is 4.74 Å². The second kappa shape index (κ2) is 4.63. The number of carbonyl (C=O) groups excluding carboxylic acids is 1. The Kier molecular flexibility index (Phi) is 3.49. The van der Waals surface area contributed by atoms with Gasteiger partial charge in [-0.2, -0.15) is 8.78 Å². The molecule has 80 valence electrons. The first kappa shape index (κ1) is 11.3. The molecule has 0 aliphatic rings. The van der Waals surface area contributed by atoms with E-state index in [1.54, 1.807) is 0 Å². The lowest BCUT2D eigenvalue weighted by Crippen LogP contribution is -1.92. The van der Waals surface area contributed by atoms with Gasteiger partial charge in [0.25, 0.3) is 0 Å². The normalized spacial score (nSPS) is 9.60. The van der Waals surface area contributed by atoms with Gasteiger partial charge in [-0.05, 0) is 18.2 Å². The third kappa shape index (κ3) is 2.37. The van der Waals surface area contributed by atoms with Gasteiger partial charge in [0.1, 0.15) is 5.75 Å². The van der Waals surface area contributed by atoms with Gasteiger partial charge in [-0.25, -0.2) is 4.39 Å². The topological polar surface area (TPSA) is 26.3 Å². The Labute approximate surface area is 84.0 Å². The fraction of sp³-hybridized carbons (Fsp3) is 0.100. The summed E-state index contributed by atoms with van der Waals surface area (Å²) in [6.45, 7) is 0. The van der Waals surface area contributed by atoms with Crippen LogP contribution in [0.5, 0.6) is 5.75 Å². The van der Waals surface area contributed by atoms with Crippen molar-refractivity contribution < 1.29 is 22.7 Å². The van der Waals surface area contributed by atoms with Crippen molar-refractivity contribution in [3.8, 4) is 5.75 Å². The summed E-state index contributed by atoms with van der Waals surface area (Å²) in [6.07, 6.45) is -2.01. The lowest BCUT2D eigenvalue weighted by atomic mass is 10.1. The molecule has 1 aromatic carbocycles. The fourth-order valence-electron chi connectivity index (χ4n) is 1.07. The first-order valence-corrected chi connectivity index (χ1v) is 3.94. The molecular formula is C10H7F3O2. The van der Waals surface area contributed by atoms with E-state index in [1.165, 1.54) is 13.2 Å². The van der Waals surface area contributed by atoms with E-state index in [9.17, 15) is 18.0 Å². The van der Waals surface area contributed by atoms with Crippen LogP contribution in [0, 0.1) is 0 Å². The summed E-state index contributed by atoms with van der Waals surface area (Å²) in [5.41, 5.74) is -0.329. The molecule has 5 heteroatoms. The van der Waals surface area contributed by atoms with Crippen molar-refractivity contribution >= 4 is 12.1 Å². The minimum atomic E-state index is -2.42. The average molecular weight is 216 g/mol. The Morgan fingerprint density at radius 1 is 1.33 bits per heavy atom. The summed E-state index contributed by atoms with van der Waals surface area (Å²) in [5, 5.41) is 0. The average Bonchev–Trinajstić information content (AvgIpc) is 2.26. The fourth-order valence-corrected chi connectivity index (χ4v) is 1.07. The predicted molar refractivity (Wildman–Crippen MR) is 48.6 cm³/mol. The molecule has 0 amide bonds. The number of carbonyl (C=O) groups is 1. The monoisotopic (exact) mass is 216 g/mol. The number of benzene rings is 1. The van der Waals surface area contributed by atoms with Crippen molar-refractivity contribution in [3.05, 3.63) is 35.4 Å². The molecule has 0 radical (unpaired) electrons. The molecule has 15 heavy (non-hydrogen) atoms. The van der Waals surface area contributed by atoms with Gasteiger partial charge >= 0.3 is 6.08 Å². The standard InChI is InChI=1S/C10H7F3O2/c1-15-8-3-2-6(4-7(8)5-14)9(11)10(12)13/h2-5H,1H3. The molecule has 0 saturated heterocycles. The summed E-state index contributed by atoms with van der Waals surface area (Å²) in [7, 11) is 1.32. The second-order valence-corrected chi connectivity index (χ2v) is 2.65. The van der Waals surface area contributed by atoms with E-state index < -0.39 is 11.9 Å². The molecule has 0 atom stereocenters. The van der Waals surface area contributed by atoms with Gasteiger partial charge in [0, 0.05) is 5.56 Å². The molecule has 0 fully saturated rings. The van der Waals surface area contributed by atoms with Gasteiger partial charge in [0.2, 0.25) is 0 Å². The molecule has 0 spiro atoms. The summed E-state index contributed by atoms with van der Waals surface area (Å²) in [6, 6.07) is 3.36. The van der Waals surface area contributed by atoms with E-state index in [2.05, 4.69) is 0 Å². The largest absolute Gasteiger partial charge is 0.496 e. The van der Waals surface area contributed by atoms with Crippen LogP contribution in [0.15, 0.2) is 24.3 Å². The molecule has 0 bridgehead atoms. The molecule has 0 heterocycles. The van der Waals surface area contributed by atoms with Crippen molar-refractivity contribution in [1.29, 1.82) is 0 Å². The van der Waals surface area contributed by atoms with E-state index in [-0.39, 0.29) is 16.9 Å². The van der Waals surface area contributed by atoms with Crippen LogP contribution in [0.4, 0.5) is 13.2 Å². The van der Waals surface area contributed by atoms with Crippen LogP contribution >= 0.6 is 0 Å².